The summed E-state index contributed by atoms with van der Waals surface area (Å²) in [7, 11) is 0. The summed E-state index contributed by atoms with van der Waals surface area (Å²) in [5, 5.41) is 14.8. The molecule has 120 valence electrons. The Morgan fingerprint density at radius 3 is 2.43 bits per heavy atom. The van der Waals surface area contributed by atoms with Gasteiger partial charge in [-0.2, -0.15) is 0 Å². The van der Waals surface area contributed by atoms with Gasteiger partial charge in [-0.25, -0.2) is 0 Å². The summed E-state index contributed by atoms with van der Waals surface area (Å²) >= 11 is 6.08. The molecular weight excluding hydrogens is 316 g/mol. The van der Waals surface area contributed by atoms with Gasteiger partial charge >= 0.3 is 11.8 Å². The van der Waals surface area contributed by atoms with Crippen molar-refractivity contribution in [1.29, 1.82) is 0 Å². The normalized spacial score (nSPS) is 11.6. The lowest BCUT2D eigenvalue weighted by Crippen LogP contribution is -2.39. The maximum atomic E-state index is 12.0. The highest BCUT2D eigenvalue weighted by Crippen LogP contribution is 2.25. The Hall–Kier alpha value is -2.37. The standard InChI is InChI=1S/C17H17ClN2O3/c1-11-6-5-9-13(15(11)18)19-16(22)17(23)20-14(10-21)12-7-3-2-4-8-12/h2-9,14,21H,10H2,1H3,(H,19,22)(H,20,23). The summed E-state index contributed by atoms with van der Waals surface area (Å²) in [6.07, 6.45) is 0. The molecule has 0 aliphatic heterocycles. The van der Waals surface area contributed by atoms with Gasteiger partial charge in [0.2, 0.25) is 0 Å². The minimum Gasteiger partial charge on any atom is -0.394 e. The third-order valence-electron chi connectivity index (χ3n) is 3.34. The van der Waals surface area contributed by atoms with E-state index < -0.39 is 17.9 Å². The molecule has 0 fully saturated rings. The molecule has 0 aromatic heterocycles. The molecule has 0 radical (unpaired) electrons. The Morgan fingerprint density at radius 1 is 1.09 bits per heavy atom. The molecule has 2 amide bonds. The van der Waals surface area contributed by atoms with E-state index >= 15 is 0 Å². The molecule has 23 heavy (non-hydrogen) atoms. The van der Waals surface area contributed by atoms with Crippen LogP contribution in [0.2, 0.25) is 5.02 Å². The largest absolute Gasteiger partial charge is 0.394 e. The van der Waals surface area contributed by atoms with E-state index in [1.54, 1.807) is 49.4 Å². The number of aliphatic hydroxyl groups is 1. The zero-order chi connectivity index (χ0) is 16.8. The Balaban J connectivity index is 2.05. The molecule has 1 unspecified atom stereocenters. The van der Waals surface area contributed by atoms with Crippen LogP contribution in [0.3, 0.4) is 0 Å². The molecular formula is C17H17ClN2O3. The van der Waals surface area contributed by atoms with Crippen LogP contribution in [-0.2, 0) is 9.59 Å². The lowest BCUT2D eigenvalue weighted by molar-refractivity contribution is -0.136. The third-order valence-corrected chi connectivity index (χ3v) is 3.84. The van der Waals surface area contributed by atoms with E-state index in [-0.39, 0.29) is 6.61 Å². The van der Waals surface area contributed by atoms with Crippen LogP contribution >= 0.6 is 11.6 Å². The van der Waals surface area contributed by atoms with Gasteiger partial charge in [-0.3, -0.25) is 9.59 Å². The number of aryl methyl sites for hydroxylation is 1. The first-order valence-corrected chi connectivity index (χ1v) is 7.43. The average molecular weight is 333 g/mol. The van der Waals surface area contributed by atoms with Gasteiger partial charge in [-0.1, -0.05) is 54.1 Å². The number of benzene rings is 2. The molecule has 0 heterocycles. The first-order valence-electron chi connectivity index (χ1n) is 7.05. The monoisotopic (exact) mass is 332 g/mol. The lowest BCUT2D eigenvalue weighted by Gasteiger charge is -2.16. The first-order chi connectivity index (χ1) is 11.0. The van der Waals surface area contributed by atoms with Gasteiger partial charge in [-0.15, -0.1) is 0 Å². The summed E-state index contributed by atoms with van der Waals surface area (Å²) in [5.74, 6) is -1.68. The molecule has 5 nitrogen and oxygen atoms in total. The van der Waals surface area contributed by atoms with Crippen molar-refractivity contribution >= 4 is 29.1 Å². The summed E-state index contributed by atoms with van der Waals surface area (Å²) in [4.78, 5) is 24.0. The van der Waals surface area contributed by atoms with Gasteiger partial charge in [-0.05, 0) is 24.1 Å². The van der Waals surface area contributed by atoms with Crippen LogP contribution in [-0.4, -0.2) is 23.5 Å². The summed E-state index contributed by atoms with van der Waals surface area (Å²) in [6, 6.07) is 13.4. The molecule has 0 bridgehead atoms. The van der Waals surface area contributed by atoms with Crippen molar-refractivity contribution in [2.24, 2.45) is 0 Å². The number of carbonyl (C=O) groups excluding carboxylic acids is 2. The first kappa shape index (κ1) is 17.0. The highest BCUT2D eigenvalue weighted by Gasteiger charge is 2.20. The fourth-order valence-corrected chi connectivity index (χ4v) is 2.24. The van der Waals surface area contributed by atoms with E-state index in [1.807, 2.05) is 6.07 Å². The molecule has 1 atom stereocenters. The van der Waals surface area contributed by atoms with Crippen LogP contribution in [0.5, 0.6) is 0 Å². The molecule has 3 N–H and O–H groups in total. The Labute approximate surface area is 139 Å². The van der Waals surface area contributed by atoms with Crippen molar-refractivity contribution < 1.29 is 14.7 Å². The van der Waals surface area contributed by atoms with E-state index in [4.69, 9.17) is 11.6 Å². The maximum Gasteiger partial charge on any atom is 0.313 e. The summed E-state index contributed by atoms with van der Waals surface area (Å²) in [6.45, 7) is 1.49. The number of rotatable bonds is 4. The second-order valence-corrected chi connectivity index (χ2v) is 5.39. The highest BCUT2D eigenvalue weighted by atomic mass is 35.5. The predicted molar refractivity (Wildman–Crippen MR) is 89.2 cm³/mol. The summed E-state index contributed by atoms with van der Waals surface area (Å²) < 4.78 is 0. The van der Waals surface area contributed by atoms with E-state index in [2.05, 4.69) is 10.6 Å². The SMILES string of the molecule is Cc1cccc(NC(=O)C(=O)NC(CO)c2ccccc2)c1Cl. The zero-order valence-electron chi connectivity index (χ0n) is 12.5. The highest BCUT2D eigenvalue weighted by molar-refractivity contribution is 6.41. The second kappa shape index (κ2) is 7.76. The van der Waals surface area contributed by atoms with Crippen molar-refractivity contribution in [3.05, 3.63) is 64.7 Å². The number of amides is 2. The van der Waals surface area contributed by atoms with Crippen LogP contribution in [0.4, 0.5) is 5.69 Å². The predicted octanol–water partition coefficient (Wildman–Crippen LogP) is 2.44. The quantitative estimate of drug-likeness (QED) is 0.752. The molecule has 0 saturated heterocycles. The average Bonchev–Trinajstić information content (AvgIpc) is 2.57. The zero-order valence-corrected chi connectivity index (χ0v) is 13.3. The number of carbonyl (C=O) groups is 2. The van der Waals surface area contributed by atoms with Gasteiger partial charge in [0.05, 0.1) is 23.4 Å². The Kier molecular flexibility index (Phi) is 5.73. The van der Waals surface area contributed by atoms with Crippen LogP contribution in [0.1, 0.15) is 17.2 Å². The van der Waals surface area contributed by atoms with Crippen LogP contribution in [0.25, 0.3) is 0 Å². The minimum atomic E-state index is -0.842. The molecule has 0 aliphatic carbocycles. The number of aliphatic hydroxyl groups excluding tert-OH is 1. The maximum absolute atomic E-state index is 12.0. The molecule has 2 aromatic carbocycles. The van der Waals surface area contributed by atoms with Gasteiger partial charge in [0, 0.05) is 0 Å². The molecule has 6 heteroatoms. The fourth-order valence-electron chi connectivity index (χ4n) is 2.07. The number of nitrogens with one attached hydrogen (secondary N) is 2. The van der Waals surface area contributed by atoms with Crippen molar-refractivity contribution in [2.45, 2.75) is 13.0 Å². The van der Waals surface area contributed by atoms with E-state index in [0.717, 1.165) is 5.56 Å². The molecule has 0 saturated carbocycles. The van der Waals surface area contributed by atoms with Gasteiger partial charge in [0.1, 0.15) is 0 Å². The van der Waals surface area contributed by atoms with Gasteiger partial charge < -0.3 is 15.7 Å². The number of hydrogen-bond donors (Lipinski definition) is 3. The Morgan fingerprint density at radius 2 is 1.78 bits per heavy atom. The van der Waals surface area contributed by atoms with E-state index in [1.165, 1.54) is 0 Å². The van der Waals surface area contributed by atoms with Crippen LogP contribution in [0, 0.1) is 6.92 Å². The molecule has 2 rings (SSSR count). The molecule has 2 aromatic rings. The van der Waals surface area contributed by atoms with Gasteiger partial charge in [0.25, 0.3) is 0 Å². The minimum absolute atomic E-state index is 0.311. The van der Waals surface area contributed by atoms with Crippen LogP contribution in [0.15, 0.2) is 48.5 Å². The number of hydrogen-bond acceptors (Lipinski definition) is 3. The topological polar surface area (TPSA) is 78.4 Å². The van der Waals surface area contributed by atoms with E-state index in [9.17, 15) is 14.7 Å². The molecule has 0 aliphatic rings. The van der Waals surface area contributed by atoms with Crippen molar-refractivity contribution in [3.63, 3.8) is 0 Å². The number of halogens is 1. The fraction of sp³-hybridized carbons (Fsp3) is 0.176. The van der Waals surface area contributed by atoms with Crippen molar-refractivity contribution in [3.8, 4) is 0 Å². The second-order valence-electron chi connectivity index (χ2n) is 5.01. The van der Waals surface area contributed by atoms with Gasteiger partial charge in [0.15, 0.2) is 0 Å². The Bertz CT molecular complexity index is 704. The van der Waals surface area contributed by atoms with Crippen molar-refractivity contribution in [2.75, 3.05) is 11.9 Å². The van der Waals surface area contributed by atoms with Crippen molar-refractivity contribution in [1.82, 2.24) is 5.32 Å². The number of anilines is 1. The lowest BCUT2D eigenvalue weighted by atomic mass is 10.1. The summed E-state index contributed by atoms with van der Waals surface area (Å²) in [5.41, 5.74) is 1.87. The van der Waals surface area contributed by atoms with E-state index in [0.29, 0.717) is 16.3 Å². The molecule has 0 spiro atoms. The third kappa shape index (κ3) is 4.31. The van der Waals surface area contributed by atoms with Crippen LogP contribution < -0.4 is 10.6 Å². The smallest absolute Gasteiger partial charge is 0.313 e.